The lowest BCUT2D eigenvalue weighted by Gasteiger charge is -2.27. The summed E-state index contributed by atoms with van der Waals surface area (Å²) in [5.41, 5.74) is 1.80. The van der Waals surface area contributed by atoms with Crippen molar-refractivity contribution in [2.45, 2.75) is 45.3 Å². The van der Waals surface area contributed by atoms with E-state index < -0.39 is 30.1 Å². The first-order valence-corrected chi connectivity index (χ1v) is 8.59. The van der Waals surface area contributed by atoms with E-state index in [2.05, 4.69) is 6.58 Å². The molecule has 0 aromatic carbocycles. The van der Waals surface area contributed by atoms with Gasteiger partial charge in [-0.15, -0.1) is 0 Å². The summed E-state index contributed by atoms with van der Waals surface area (Å²) in [6, 6.07) is 0. The Bertz CT molecular complexity index is 697. The van der Waals surface area contributed by atoms with E-state index in [1.165, 1.54) is 0 Å². The zero-order valence-corrected chi connectivity index (χ0v) is 15.1. The fourth-order valence-electron chi connectivity index (χ4n) is 3.07. The second-order valence-electron chi connectivity index (χ2n) is 6.46. The molecule has 2 aliphatic rings. The molecule has 0 spiro atoms. The van der Waals surface area contributed by atoms with Gasteiger partial charge in [-0.25, -0.2) is 9.59 Å². The summed E-state index contributed by atoms with van der Waals surface area (Å²) >= 11 is 0. The van der Waals surface area contributed by atoms with Crippen LogP contribution >= 0.6 is 0 Å². The topological polar surface area (TPSA) is 89.9 Å². The molecule has 6 heteroatoms. The van der Waals surface area contributed by atoms with Gasteiger partial charge in [-0.3, -0.25) is 4.79 Å². The Morgan fingerprint density at radius 3 is 2.85 bits per heavy atom. The van der Waals surface area contributed by atoms with Crippen LogP contribution in [0.2, 0.25) is 0 Å². The van der Waals surface area contributed by atoms with Gasteiger partial charge in [0.1, 0.15) is 18.5 Å². The molecule has 0 radical (unpaired) electrons. The second kappa shape index (κ2) is 8.76. The first-order valence-electron chi connectivity index (χ1n) is 8.59. The zero-order chi connectivity index (χ0) is 19.3. The van der Waals surface area contributed by atoms with Gasteiger partial charge in [0.25, 0.3) is 0 Å². The molecule has 2 rings (SSSR count). The molecule has 140 valence electrons. The summed E-state index contributed by atoms with van der Waals surface area (Å²) in [5.74, 6) is -1.69. The highest BCUT2D eigenvalue weighted by atomic mass is 16.6. The Morgan fingerprint density at radius 1 is 1.50 bits per heavy atom. The molecule has 0 amide bonds. The van der Waals surface area contributed by atoms with Gasteiger partial charge in [0, 0.05) is 17.6 Å². The van der Waals surface area contributed by atoms with E-state index in [0.717, 1.165) is 6.29 Å². The number of ether oxygens (including phenoxy) is 2. The highest BCUT2D eigenvalue weighted by molar-refractivity contribution is 5.92. The number of hydrogen-bond acceptors (Lipinski definition) is 6. The van der Waals surface area contributed by atoms with Gasteiger partial charge in [0.05, 0.1) is 12.5 Å². The summed E-state index contributed by atoms with van der Waals surface area (Å²) < 4.78 is 11.0. The van der Waals surface area contributed by atoms with Crippen LogP contribution in [-0.4, -0.2) is 42.1 Å². The van der Waals surface area contributed by atoms with E-state index in [-0.39, 0.29) is 18.6 Å². The third-order valence-corrected chi connectivity index (χ3v) is 4.74. The van der Waals surface area contributed by atoms with Crippen LogP contribution in [-0.2, 0) is 23.9 Å². The van der Waals surface area contributed by atoms with Gasteiger partial charge in [0.15, 0.2) is 0 Å². The van der Waals surface area contributed by atoms with E-state index in [9.17, 15) is 19.5 Å². The number of aliphatic hydroxyl groups excluding tert-OH is 1. The predicted octanol–water partition coefficient (Wildman–Crippen LogP) is 2.19. The average molecular weight is 360 g/mol. The number of allylic oxidation sites excluding steroid dienone is 2. The standard InChI is InChI=1S/C20H24O6/c1-4-12(2)19(23)25-16-8-14(10-21)6-5-7-15(11-22)9-17-18(16)13(3)20(24)26-17/h4,6,9-10,16-18,22H,3,5,7-8,11H2,1-2H3/b12-4-,14-6-,15-9+/t16-,17+,18+/m0/s1. The molecule has 0 aromatic rings. The van der Waals surface area contributed by atoms with Crippen molar-refractivity contribution in [1.82, 2.24) is 0 Å². The molecule has 0 saturated carbocycles. The van der Waals surface area contributed by atoms with Crippen molar-refractivity contribution < 1.29 is 29.0 Å². The summed E-state index contributed by atoms with van der Waals surface area (Å²) in [4.78, 5) is 35.8. The fourth-order valence-corrected chi connectivity index (χ4v) is 3.07. The number of carbonyl (C=O) groups is 3. The summed E-state index contributed by atoms with van der Waals surface area (Å²) in [6.45, 7) is 6.96. The molecule has 26 heavy (non-hydrogen) atoms. The average Bonchev–Trinajstić information content (AvgIpc) is 2.91. The lowest BCUT2D eigenvalue weighted by atomic mass is 9.85. The number of carbonyl (C=O) groups excluding carboxylic acids is 3. The summed E-state index contributed by atoms with van der Waals surface area (Å²) in [6.07, 6.45) is 5.63. The maximum atomic E-state index is 12.3. The molecule has 0 aromatic heterocycles. The highest BCUT2D eigenvalue weighted by Crippen LogP contribution is 2.36. The van der Waals surface area contributed by atoms with Crippen LogP contribution in [0.3, 0.4) is 0 Å². The SMILES string of the molecule is C=C1C(=O)O[C@@H]2/C=C(/CO)CC/C=C(\C=O)C[C@H](OC(=O)/C(C)=C\C)[C@@H]12. The first kappa shape index (κ1) is 19.8. The minimum atomic E-state index is -0.771. The Kier molecular flexibility index (Phi) is 6.69. The van der Waals surface area contributed by atoms with Gasteiger partial charge in [-0.2, -0.15) is 0 Å². The van der Waals surface area contributed by atoms with Gasteiger partial charge < -0.3 is 14.6 Å². The van der Waals surface area contributed by atoms with Gasteiger partial charge in [-0.1, -0.05) is 18.7 Å². The molecule has 6 nitrogen and oxygen atoms in total. The molecule has 0 unspecified atom stereocenters. The van der Waals surface area contributed by atoms with E-state index >= 15 is 0 Å². The lowest BCUT2D eigenvalue weighted by Crippen LogP contribution is -2.34. The van der Waals surface area contributed by atoms with E-state index in [4.69, 9.17) is 9.47 Å². The predicted molar refractivity (Wildman–Crippen MR) is 95.0 cm³/mol. The fraction of sp³-hybridized carbons (Fsp3) is 0.450. The van der Waals surface area contributed by atoms with Crippen LogP contribution in [0, 0.1) is 5.92 Å². The van der Waals surface area contributed by atoms with E-state index in [0.29, 0.717) is 29.6 Å². The maximum absolute atomic E-state index is 12.3. The molecular weight excluding hydrogens is 336 g/mol. The van der Waals surface area contributed by atoms with Crippen molar-refractivity contribution in [3.63, 3.8) is 0 Å². The number of esters is 2. The Morgan fingerprint density at radius 2 is 2.23 bits per heavy atom. The van der Waals surface area contributed by atoms with E-state index in [1.807, 2.05) is 0 Å². The van der Waals surface area contributed by atoms with Crippen molar-refractivity contribution >= 4 is 18.2 Å². The lowest BCUT2D eigenvalue weighted by molar-refractivity contribution is -0.147. The van der Waals surface area contributed by atoms with Crippen LogP contribution in [0.25, 0.3) is 0 Å². The summed E-state index contributed by atoms with van der Waals surface area (Å²) in [5, 5.41) is 9.55. The van der Waals surface area contributed by atoms with Gasteiger partial charge in [0.2, 0.25) is 0 Å². The van der Waals surface area contributed by atoms with Crippen molar-refractivity contribution in [3.8, 4) is 0 Å². The molecule has 1 fully saturated rings. The second-order valence-corrected chi connectivity index (χ2v) is 6.46. The van der Waals surface area contributed by atoms with Crippen molar-refractivity contribution in [2.75, 3.05) is 6.61 Å². The van der Waals surface area contributed by atoms with Crippen LogP contribution < -0.4 is 0 Å². The number of fused-ring (bicyclic) bond motifs is 1. The van der Waals surface area contributed by atoms with Gasteiger partial charge >= 0.3 is 11.9 Å². The van der Waals surface area contributed by atoms with Crippen LogP contribution in [0.5, 0.6) is 0 Å². The van der Waals surface area contributed by atoms with Crippen molar-refractivity contribution in [2.24, 2.45) is 5.92 Å². The maximum Gasteiger partial charge on any atom is 0.334 e. The molecular formula is C20H24O6. The number of aldehydes is 1. The van der Waals surface area contributed by atoms with Crippen LogP contribution in [0.1, 0.15) is 33.1 Å². The largest absolute Gasteiger partial charge is 0.458 e. The minimum Gasteiger partial charge on any atom is -0.458 e. The number of aliphatic hydroxyl groups is 1. The molecule has 1 N–H and O–H groups in total. The number of rotatable bonds is 4. The van der Waals surface area contributed by atoms with Crippen molar-refractivity contribution in [3.05, 3.63) is 47.1 Å². The third-order valence-electron chi connectivity index (χ3n) is 4.74. The van der Waals surface area contributed by atoms with Crippen LogP contribution in [0.15, 0.2) is 47.1 Å². The third kappa shape index (κ3) is 4.38. The monoisotopic (exact) mass is 360 g/mol. The minimum absolute atomic E-state index is 0.172. The molecule has 1 saturated heterocycles. The Hall–Kier alpha value is -2.47. The molecule has 1 aliphatic heterocycles. The van der Waals surface area contributed by atoms with Crippen LogP contribution in [0.4, 0.5) is 0 Å². The highest BCUT2D eigenvalue weighted by Gasteiger charge is 2.44. The quantitative estimate of drug-likeness (QED) is 0.358. The Balaban J connectivity index is 2.45. The molecule has 1 aliphatic carbocycles. The molecule has 3 atom stereocenters. The number of hydrogen-bond donors (Lipinski definition) is 1. The molecule has 1 heterocycles. The Labute approximate surface area is 152 Å². The van der Waals surface area contributed by atoms with Gasteiger partial charge in [-0.05, 0) is 43.9 Å². The summed E-state index contributed by atoms with van der Waals surface area (Å²) in [7, 11) is 0. The molecule has 0 bridgehead atoms. The first-order chi connectivity index (χ1) is 12.4. The zero-order valence-electron chi connectivity index (χ0n) is 15.1. The van der Waals surface area contributed by atoms with Crippen molar-refractivity contribution in [1.29, 1.82) is 0 Å². The normalized spacial score (nSPS) is 31.0. The smallest absolute Gasteiger partial charge is 0.334 e. The van der Waals surface area contributed by atoms with E-state index in [1.54, 1.807) is 32.1 Å².